The Bertz CT molecular complexity index is 1030. The third-order valence-electron chi connectivity index (χ3n) is 4.59. The first-order chi connectivity index (χ1) is 15.2. The minimum absolute atomic E-state index is 0.220. The second-order valence-electron chi connectivity index (χ2n) is 6.86. The molecule has 0 aliphatic carbocycles. The summed E-state index contributed by atoms with van der Waals surface area (Å²) >= 11 is 0. The van der Waals surface area contributed by atoms with Crippen LogP contribution >= 0.6 is 0 Å². The second kappa shape index (κ2) is 11.4. The molecule has 0 spiro atoms. The van der Waals surface area contributed by atoms with E-state index in [0.717, 1.165) is 23.3 Å². The highest BCUT2D eigenvalue weighted by Gasteiger charge is 2.11. The van der Waals surface area contributed by atoms with Gasteiger partial charge in [-0.1, -0.05) is 54.6 Å². The number of ether oxygens (including phenoxy) is 1. The maximum atomic E-state index is 12.6. The highest BCUT2D eigenvalue weighted by Crippen LogP contribution is 2.16. The van der Waals surface area contributed by atoms with Crippen LogP contribution in [-0.2, 0) is 11.2 Å². The zero-order chi connectivity index (χ0) is 21.9. The van der Waals surface area contributed by atoms with Gasteiger partial charge in [0.2, 0.25) is 5.91 Å². The Balaban J connectivity index is 1.57. The van der Waals surface area contributed by atoms with E-state index in [1.165, 1.54) is 6.08 Å². The molecule has 158 valence electrons. The van der Waals surface area contributed by atoms with Crippen LogP contribution in [0, 0.1) is 0 Å². The standard InChI is InChI=1S/C26H26N2O3/c1-2-31-22-15-12-21(13-16-22)14-17-25(29)28-24-11-7-6-10-23(24)26(30)27-19-18-20-8-4-3-5-9-20/h3-17H,2,18-19H2,1H3,(H,27,30)(H,28,29)/b17-14+. The molecular formula is C26H26N2O3. The molecule has 0 unspecified atom stereocenters. The molecule has 3 aromatic rings. The third kappa shape index (κ3) is 6.85. The van der Waals surface area contributed by atoms with Crippen molar-refractivity contribution in [3.63, 3.8) is 0 Å². The fraction of sp³-hybridized carbons (Fsp3) is 0.154. The topological polar surface area (TPSA) is 67.4 Å². The van der Waals surface area contributed by atoms with E-state index >= 15 is 0 Å². The largest absolute Gasteiger partial charge is 0.494 e. The lowest BCUT2D eigenvalue weighted by Gasteiger charge is -2.10. The van der Waals surface area contributed by atoms with E-state index in [-0.39, 0.29) is 11.8 Å². The molecule has 31 heavy (non-hydrogen) atoms. The predicted octanol–water partition coefficient (Wildman–Crippen LogP) is 4.71. The molecule has 0 atom stereocenters. The summed E-state index contributed by atoms with van der Waals surface area (Å²) in [5, 5.41) is 5.70. The van der Waals surface area contributed by atoms with E-state index in [2.05, 4.69) is 10.6 Å². The van der Waals surface area contributed by atoms with Gasteiger partial charge < -0.3 is 15.4 Å². The molecule has 0 bridgehead atoms. The number of nitrogens with one attached hydrogen (secondary N) is 2. The average Bonchev–Trinajstić information content (AvgIpc) is 2.80. The first kappa shape index (κ1) is 21.8. The number of hydrogen-bond donors (Lipinski definition) is 2. The van der Waals surface area contributed by atoms with E-state index in [4.69, 9.17) is 4.74 Å². The normalized spacial score (nSPS) is 10.6. The SMILES string of the molecule is CCOc1ccc(/C=C/C(=O)Nc2ccccc2C(=O)NCCc2ccccc2)cc1. The number of amides is 2. The molecular weight excluding hydrogens is 388 g/mol. The Kier molecular flexibility index (Phi) is 8.00. The van der Waals surface area contributed by atoms with Crippen LogP contribution in [0.2, 0.25) is 0 Å². The molecule has 3 rings (SSSR count). The van der Waals surface area contributed by atoms with Gasteiger partial charge in [0.25, 0.3) is 5.91 Å². The van der Waals surface area contributed by atoms with Crippen molar-refractivity contribution in [3.8, 4) is 5.75 Å². The van der Waals surface area contributed by atoms with E-state index < -0.39 is 0 Å². The number of benzene rings is 3. The van der Waals surface area contributed by atoms with Crippen molar-refractivity contribution in [3.05, 3.63) is 102 Å². The van der Waals surface area contributed by atoms with Crippen molar-refractivity contribution in [2.24, 2.45) is 0 Å². The molecule has 0 saturated heterocycles. The molecule has 0 heterocycles. The van der Waals surface area contributed by atoms with Gasteiger partial charge in [-0.2, -0.15) is 0 Å². The summed E-state index contributed by atoms with van der Waals surface area (Å²) in [4.78, 5) is 25.0. The quantitative estimate of drug-likeness (QED) is 0.498. The van der Waals surface area contributed by atoms with Gasteiger partial charge in [0.15, 0.2) is 0 Å². The Morgan fingerprint density at radius 1 is 0.903 bits per heavy atom. The van der Waals surface area contributed by atoms with Crippen molar-refractivity contribution in [2.45, 2.75) is 13.3 Å². The van der Waals surface area contributed by atoms with Gasteiger partial charge >= 0.3 is 0 Å². The van der Waals surface area contributed by atoms with Gasteiger partial charge in [-0.15, -0.1) is 0 Å². The maximum Gasteiger partial charge on any atom is 0.253 e. The lowest BCUT2D eigenvalue weighted by atomic mass is 10.1. The maximum absolute atomic E-state index is 12.6. The number of para-hydroxylation sites is 1. The molecule has 2 N–H and O–H groups in total. The number of carbonyl (C=O) groups excluding carboxylic acids is 2. The molecule has 0 aromatic heterocycles. The zero-order valence-electron chi connectivity index (χ0n) is 17.5. The van der Waals surface area contributed by atoms with Crippen LogP contribution in [-0.4, -0.2) is 25.0 Å². The van der Waals surface area contributed by atoms with E-state index in [0.29, 0.717) is 24.4 Å². The molecule has 0 saturated carbocycles. The monoisotopic (exact) mass is 414 g/mol. The lowest BCUT2D eigenvalue weighted by molar-refractivity contribution is -0.111. The van der Waals surface area contributed by atoms with Gasteiger partial charge in [0.05, 0.1) is 17.9 Å². The molecule has 0 aliphatic rings. The molecule has 3 aromatic carbocycles. The van der Waals surface area contributed by atoms with Crippen LogP contribution in [0.3, 0.4) is 0 Å². The van der Waals surface area contributed by atoms with Gasteiger partial charge in [-0.3, -0.25) is 9.59 Å². The summed E-state index contributed by atoms with van der Waals surface area (Å²) in [5.41, 5.74) is 2.94. The number of hydrogen-bond acceptors (Lipinski definition) is 3. The smallest absolute Gasteiger partial charge is 0.253 e. The first-order valence-electron chi connectivity index (χ1n) is 10.3. The summed E-state index contributed by atoms with van der Waals surface area (Å²) in [6.07, 6.45) is 3.90. The van der Waals surface area contributed by atoms with E-state index in [1.807, 2.05) is 61.5 Å². The highest BCUT2D eigenvalue weighted by atomic mass is 16.5. The Morgan fingerprint density at radius 2 is 1.61 bits per heavy atom. The fourth-order valence-corrected chi connectivity index (χ4v) is 3.04. The number of rotatable bonds is 9. The van der Waals surface area contributed by atoms with Crippen LogP contribution in [0.15, 0.2) is 84.9 Å². The van der Waals surface area contributed by atoms with Crippen molar-refractivity contribution >= 4 is 23.6 Å². The Labute approximate surface area is 182 Å². The molecule has 2 amide bonds. The van der Waals surface area contributed by atoms with Crippen LogP contribution in [0.1, 0.15) is 28.4 Å². The molecule has 0 aliphatic heterocycles. The van der Waals surface area contributed by atoms with Crippen LogP contribution in [0.5, 0.6) is 5.75 Å². The predicted molar refractivity (Wildman–Crippen MR) is 124 cm³/mol. The summed E-state index contributed by atoms with van der Waals surface area (Å²) in [7, 11) is 0. The van der Waals surface area contributed by atoms with Crippen LogP contribution in [0.4, 0.5) is 5.69 Å². The van der Waals surface area contributed by atoms with Crippen molar-refractivity contribution in [2.75, 3.05) is 18.5 Å². The molecule has 0 fully saturated rings. The zero-order valence-corrected chi connectivity index (χ0v) is 17.5. The first-order valence-corrected chi connectivity index (χ1v) is 10.3. The van der Waals surface area contributed by atoms with Gasteiger partial charge in [-0.25, -0.2) is 0 Å². The third-order valence-corrected chi connectivity index (χ3v) is 4.59. The van der Waals surface area contributed by atoms with Crippen molar-refractivity contribution in [1.29, 1.82) is 0 Å². The van der Waals surface area contributed by atoms with E-state index in [9.17, 15) is 9.59 Å². The molecule has 5 nitrogen and oxygen atoms in total. The summed E-state index contributed by atoms with van der Waals surface area (Å²) in [5.74, 6) is 0.261. The lowest BCUT2D eigenvalue weighted by Crippen LogP contribution is -2.27. The van der Waals surface area contributed by atoms with Gasteiger partial charge in [0.1, 0.15) is 5.75 Å². The van der Waals surface area contributed by atoms with Gasteiger partial charge in [0, 0.05) is 12.6 Å². The van der Waals surface area contributed by atoms with Crippen LogP contribution in [0.25, 0.3) is 6.08 Å². The fourth-order valence-electron chi connectivity index (χ4n) is 3.04. The summed E-state index contributed by atoms with van der Waals surface area (Å²) in [6, 6.07) is 24.4. The number of anilines is 1. The number of carbonyl (C=O) groups is 2. The minimum Gasteiger partial charge on any atom is -0.494 e. The average molecular weight is 415 g/mol. The van der Waals surface area contributed by atoms with Gasteiger partial charge in [-0.05, 0) is 54.8 Å². The highest BCUT2D eigenvalue weighted by molar-refractivity contribution is 6.07. The van der Waals surface area contributed by atoms with E-state index in [1.54, 1.807) is 30.3 Å². The summed E-state index contributed by atoms with van der Waals surface area (Å²) < 4.78 is 5.41. The minimum atomic E-state index is -0.307. The van der Waals surface area contributed by atoms with Crippen LogP contribution < -0.4 is 15.4 Å². The Morgan fingerprint density at radius 3 is 2.35 bits per heavy atom. The molecule has 0 radical (unpaired) electrons. The second-order valence-corrected chi connectivity index (χ2v) is 6.86. The summed E-state index contributed by atoms with van der Waals surface area (Å²) in [6.45, 7) is 3.05. The van der Waals surface area contributed by atoms with Crippen molar-refractivity contribution in [1.82, 2.24) is 5.32 Å². The Hall–Kier alpha value is -3.86. The molecule has 5 heteroatoms. The van der Waals surface area contributed by atoms with Crippen molar-refractivity contribution < 1.29 is 14.3 Å².